The van der Waals surface area contributed by atoms with Gasteiger partial charge in [0.25, 0.3) is 0 Å². The van der Waals surface area contributed by atoms with Crippen LogP contribution in [0.3, 0.4) is 0 Å². The number of allylic oxidation sites excluding steroid dienone is 1. The number of aromatic nitrogens is 1. The van der Waals surface area contributed by atoms with Crippen molar-refractivity contribution in [2.24, 2.45) is 5.73 Å². The number of pyridine rings is 1. The maximum atomic E-state index is 11.8. The predicted molar refractivity (Wildman–Crippen MR) is 72.6 cm³/mol. The minimum Gasteiger partial charge on any atom is -0.366 e. The molecular weight excluding hydrogens is 240 g/mol. The summed E-state index contributed by atoms with van der Waals surface area (Å²) >= 11 is 0. The van der Waals surface area contributed by atoms with Crippen molar-refractivity contribution < 1.29 is 9.59 Å². The molecule has 2 N–H and O–H groups in total. The highest BCUT2D eigenvalue weighted by atomic mass is 16.1. The number of rotatable bonds is 4. The fourth-order valence-corrected chi connectivity index (χ4v) is 1.54. The number of hydrogen-bond donors (Lipinski definition) is 1. The lowest BCUT2D eigenvalue weighted by Gasteiger charge is -1.97. The third-order valence-electron chi connectivity index (χ3n) is 2.57. The molecule has 0 radical (unpaired) electrons. The van der Waals surface area contributed by atoms with Crippen molar-refractivity contribution in [3.8, 4) is 0 Å². The summed E-state index contributed by atoms with van der Waals surface area (Å²) in [7, 11) is 0. The van der Waals surface area contributed by atoms with Crippen LogP contribution in [-0.2, 0) is 0 Å². The molecule has 4 nitrogen and oxygen atoms in total. The average Bonchev–Trinajstić information content (AvgIpc) is 2.46. The highest BCUT2D eigenvalue weighted by Crippen LogP contribution is 2.07. The van der Waals surface area contributed by atoms with Crippen LogP contribution in [0.15, 0.2) is 54.9 Å². The third-order valence-corrected chi connectivity index (χ3v) is 2.57. The van der Waals surface area contributed by atoms with E-state index in [2.05, 4.69) is 4.98 Å². The molecule has 4 heteroatoms. The lowest BCUT2D eigenvalue weighted by Crippen LogP contribution is -2.10. The summed E-state index contributed by atoms with van der Waals surface area (Å²) in [5, 5.41) is 0. The Morgan fingerprint density at radius 3 is 2.37 bits per heavy atom. The zero-order valence-corrected chi connectivity index (χ0v) is 10.1. The van der Waals surface area contributed by atoms with E-state index >= 15 is 0 Å². The summed E-state index contributed by atoms with van der Waals surface area (Å²) in [6, 6.07) is 10.1. The molecule has 2 aromatic rings. The molecule has 19 heavy (non-hydrogen) atoms. The Morgan fingerprint density at radius 2 is 1.79 bits per heavy atom. The monoisotopic (exact) mass is 252 g/mol. The molecule has 1 amide bonds. The fourth-order valence-electron chi connectivity index (χ4n) is 1.54. The van der Waals surface area contributed by atoms with Gasteiger partial charge < -0.3 is 5.73 Å². The third kappa shape index (κ3) is 3.35. The predicted octanol–water partition coefficient (Wildman–Crippen LogP) is 2.08. The van der Waals surface area contributed by atoms with Gasteiger partial charge in [0.05, 0.1) is 0 Å². The Labute approximate surface area is 110 Å². The zero-order valence-electron chi connectivity index (χ0n) is 10.1. The number of amides is 1. The largest absolute Gasteiger partial charge is 0.366 e. The number of carbonyl (C=O) groups excluding carboxylic acids is 2. The van der Waals surface area contributed by atoms with Crippen molar-refractivity contribution in [3.63, 3.8) is 0 Å². The highest BCUT2D eigenvalue weighted by Gasteiger charge is 2.01. The van der Waals surface area contributed by atoms with E-state index in [1.54, 1.807) is 48.7 Å². The van der Waals surface area contributed by atoms with Gasteiger partial charge in [-0.25, -0.2) is 0 Å². The van der Waals surface area contributed by atoms with Crippen molar-refractivity contribution >= 4 is 17.8 Å². The topological polar surface area (TPSA) is 73.1 Å². The van der Waals surface area contributed by atoms with E-state index in [-0.39, 0.29) is 5.78 Å². The molecule has 1 aromatic carbocycles. The van der Waals surface area contributed by atoms with E-state index in [4.69, 9.17) is 5.73 Å². The maximum absolute atomic E-state index is 11.8. The van der Waals surface area contributed by atoms with Gasteiger partial charge in [-0.15, -0.1) is 0 Å². The van der Waals surface area contributed by atoms with Crippen LogP contribution in [0.5, 0.6) is 0 Å². The van der Waals surface area contributed by atoms with Crippen LogP contribution in [0.1, 0.15) is 26.3 Å². The summed E-state index contributed by atoms with van der Waals surface area (Å²) in [6.45, 7) is 0. The Morgan fingerprint density at radius 1 is 1.05 bits per heavy atom. The number of primary amides is 1. The van der Waals surface area contributed by atoms with E-state index < -0.39 is 5.91 Å². The molecule has 0 bridgehead atoms. The lowest BCUT2D eigenvalue weighted by atomic mass is 10.1. The minimum absolute atomic E-state index is 0.118. The second kappa shape index (κ2) is 5.73. The van der Waals surface area contributed by atoms with Gasteiger partial charge in [0.2, 0.25) is 5.91 Å². The van der Waals surface area contributed by atoms with Crippen molar-refractivity contribution in [3.05, 3.63) is 71.6 Å². The Bertz CT molecular complexity index is 616. The van der Waals surface area contributed by atoms with Gasteiger partial charge in [-0.05, 0) is 35.9 Å². The van der Waals surface area contributed by atoms with Gasteiger partial charge in [-0.1, -0.05) is 18.2 Å². The number of carbonyl (C=O) groups is 2. The highest BCUT2D eigenvalue weighted by molar-refractivity contribution is 6.06. The Hall–Kier alpha value is -2.75. The normalized spacial score (nSPS) is 10.5. The molecule has 0 atom stereocenters. The van der Waals surface area contributed by atoms with Crippen molar-refractivity contribution in [1.29, 1.82) is 0 Å². The first kappa shape index (κ1) is 12.7. The van der Waals surface area contributed by atoms with Crippen molar-refractivity contribution in [2.75, 3.05) is 0 Å². The summed E-state index contributed by atoms with van der Waals surface area (Å²) in [5.74, 6) is -0.589. The first-order valence-electron chi connectivity index (χ1n) is 5.69. The van der Waals surface area contributed by atoms with Crippen LogP contribution in [0.2, 0.25) is 0 Å². The fraction of sp³-hybridized carbons (Fsp3) is 0. The van der Waals surface area contributed by atoms with Crippen LogP contribution in [0.4, 0.5) is 0 Å². The quantitative estimate of drug-likeness (QED) is 0.668. The second-order valence-corrected chi connectivity index (χ2v) is 3.93. The van der Waals surface area contributed by atoms with Crippen LogP contribution in [0.25, 0.3) is 6.08 Å². The van der Waals surface area contributed by atoms with E-state index in [9.17, 15) is 9.59 Å². The van der Waals surface area contributed by atoms with Gasteiger partial charge in [0, 0.05) is 23.5 Å². The van der Waals surface area contributed by atoms with Gasteiger partial charge in [-0.3, -0.25) is 14.6 Å². The van der Waals surface area contributed by atoms with Gasteiger partial charge in [-0.2, -0.15) is 0 Å². The molecule has 94 valence electrons. The number of benzene rings is 1. The first-order chi connectivity index (χ1) is 9.16. The molecule has 1 aromatic heterocycles. The van der Waals surface area contributed by atoms with Gasteiger partial charge >= 0.3 is 0 Å². The smallest absolute Gasteiger partial charge is 0.248 e. The van der Waals surface area contributed by atoms with E-state index in [1.165, 1.54) is 12.3 Å². The van der Waals surface area contributed by atoms with Crippen molar-refractivity contribution in [1.82, 2.24) is 4.98 Å². The molecule has 0 saturated heterocycles. The second-order valence-electron chi connectivity index (χ2n) is 3.93. The standard InChI is InChI=1S/C15H12N2O2/c16-15(19)12-6-3-11(4-7-12)5-8-14(18)13-2-1-9-17-10-13/h1-10H,(H2,16,19). The molecule has 0 aliphatic heterocycles. The summed E-state index contributed by atoms with van der Waals surface area (Å²) < 4.78 is 0. The van der Waals surface area contributed by atoms with E-state index in [1.807, 2.05) is 0 Å². The van der Waals surface area contributed by atoms with Crippen LogP contribution >= 0.6 is 0 Å². The average molecular weight is 252 g/mol. The minimum atomic E-state index is -0.470. The summed E-state index contributed by atoms with van der Waals surface area (Å²) in [6.07, 6.45) is 6.28. The van der Waals surface area contributed by atoms with E-state index in [0.29, 0.717) is 11.1 Å². The number of nitrogens with zero attached hydrogens (tertiary/aromatic N) is 1. The molecule has 0 spiro atoms. The maximum Gasteiger partial charge on any atom is 0.248 e. The first-order valence-corrected chi connectivity index (χ1v) is 5.69. The molecule has 0 saturated carbocycles. The number of ketones is 1. The van der Waals surface area contributed by atoms with Crippen LogP contribution in [-0.4, -0.2) is 16.7 Å². The molecule has 0 fully saturated rings. The van der Waals surface area contributed by atoms with Crippen LogP contribution in [0, 0.1) is 0 Å². The lowest BCUT2D eigenvalue weighted by molar-refractivity contribution is 0.0998. The summed E-state index contributed by atoms with van der Waals surface area (Å²) in [5.41, 5.74) is 6.94. The SMILES string of the molecule is NC(=O)c1ccc(C=CC(=O)c2cccnc2)cc1. The van der Waals surface area contributed by atoms with E-state index in [0.717, 1.165) is 5.56 Å². The Kier molecular flexibility index (Phi) is 3.83. The number of nitrogens with two attached hydrogens (primary N) is 1. The molecule has 0 aliphatic rings. The van der Waals surface area contributed by atoms with Crippen molar-refractivity contribution in [2.45, 2.75) is 0 Å². The Balaban J connectivity index is 2.10. The number of hydrogen-bond acceptors (Lipinski definition) is 3. The van der Waals surface area contributed by atoms with Crippen LogP contribution < -0.4 is 5.73 Å². The molecule has 0 aliphatic carbocycles. The van der Waals surface area contributed by atoms with Gasteiger partial charge in [0.1, 0.15) is 0 Å². The zero-order chi connectivity index (χ0) is 13.7. The molecular formula is C15H12N2O2. The molecule has 2 rings (SSSR count). The molecule has 1 heterocycles. The summed E-state index contributed by atoms with van der Waals surface area (Å²) in [4.78, 5) is 26.6. The van der Waals surface area contributed by atoms with Gasteiger partial charge in [0.15, 0.2) is 5.78 Å². The molecule has 0 unspecified atom stereocenters.